The summed E-state index contributed by atoms with van der Waals surface area (Å²) in [6.45, 7) is 4.53. The average Bonchev–Trinajstić information content (AvgIpc) is 2.77. The molecule has 0 aromatic carbocycles. The van der Waals surface area contributed by atoms with E-state index in [-0.39, 0.29) is 12.1 Å². The lowest BCUT2D eigenvalue weighted by atomic mass is 10.0. The maximum Gasteiger partial charge on any atom is 0.213 e. The fraction of sp³-hybridized carbons (Fsp3) is 0.818. The van der Waals surface area contributed by atoms with E-state index in [4.69, 9.17) is 5.14 Å². The van der Waals surface area contributed by atoms with Gasteiger partial charge in [0.2, 0.25) is 10.0 Å². The van der Waals surface area contributed by atoms with Crippen molar-refractivity contribution in [3.05, 3.63) is 12.2 Å². The first-order valence-corrected chi connectivity index (χ1v) is 8.12. The van der Waals surface area contributed by atoms with E-state index in [2.05, 4.69) is 29.2 Å². The van der Waals surface area contributed by atoms with Gasteiger partial charge in [0.05, 0.1) is 5.25 Å². The number of sulfonamides is 1. The number of primary sulfonamides is 1. The van der Waals surface area contributed by atoms with Crippen LogP contribution < -0.4 is 10.5 Å². The predicted molar refractivity (Wildman–Crippen MR) is 72.0 cm³/mol. The third kappa shape index (κ3) is 3.52. The molecule has 1 fully saturated rings. The van der Waals surface area contributed by atoms with Crippen LogP contribution in [0.15, 0.2) is 6.33 Å². The maximum absolute atomic E-state index is 11.3. The highest BCUT2D eigenvalue weighted by atomic mass is 32.2. The van der Waals surface area contributed by atoms with Crippen LogP contribution in [0.2, 0.25) is 0 Å². The number of aromatic nitrogens is 3. The SMILES string of the molecule is CC(C)n1ncnc1CC1CCC(S(N)(=O)=O)CN1. The molecule has 0 saturated carbocycles. The Labute approximate surface area is 113 Å². The number of nitrogens with zero attached hydrogens (tertiary/aromatic N) is 3. The standard InChI is InChI=1S/C11H21N5O2S/c1-8(2)16-11(14-7-15-16)5-9-3-4-10(6-13-9)19(12,17)18/h7-10,13H,3-6H2,1-2H3,(H2,12,17,18). The Kier molecular flexibility index (Phi) is 4.22. The van der Waals surface area contributed by atoms with Gasteiger partial charge in [-0.3, -0.25) is 0 Å². The molecule has 2 atom stereocenters. The number of nitrogens with one attached hydrogen (secondary N) is 1. The summed E-state index contributed by atoms with van der Waals surface area (Å²) in [4.78, 5) is 4.27. The third-order valence-corrected chi connectivity index (χ3v) is 4.83. The first-order valence-electron chi connectivity index (χ1n) is 6.51. The zero-order chi connectivity index (χ0) is 14.0. The van der Waals surface area contributed by atoms with Gasteiger partial charge in [0.25, 0.3) is 0 Å². The summed E-state index contributed by atoms with van der Waals surface area (Å²) >= 11 is 0. The molecule has 0 radical (unpaired) electrons. The molecule has 8 heteroatoms. The van der Waals surface area contributed by atoms with Crippen molar-refractivity contribution in [1.29, 1.82) is 0 Å². The van der Waals surface area contributed by atoms with Gasteiger partial charge >= 0.3 is 0 Å². The van der Waals surface area contributed by atoms with Crippen LogP contribution in [0.3, 0.4) is 0 Å². The molecular formula is C11H21N5O2S. The van der Waals surface area contributed by atoms with Crippen molar-refractivity contribution in [2.24, 2.45) is 5.14 Å². The van der Waals surface area contributed by atoms with Crippen molar-refractivity contribution in [3.63, 3.8) is 0 Å². The molecule has 19 heavy (non-hydrogen) atoms. The Hall–Kier alpha value is -0.990. The molecule has 108 valence electrons. The molecule has 1 aromatic rings. The molecule has 1 saturated heterocycles. The van der Waals surface area contributed by atoms with Crippen molar-refractivity contribution in [1.82, 2.24) is 20.1 Å². The second kappa shape index (κ2) is 5.56. The number of hydrogen-bond donors (Lipinski definition) is 2. The number of hydrogen-bond acceptors (Lipinski definition) is 5. The topological polar surface area (TPSA) is 103 Å². The van der Waals surface area contributed by atoms with E-state index in [1.165, 1.54) is 0 Å². The monoisotopic (exact) mass is 287 g/mol. The number of rotatable bonds is 4. The molecule has 1 aliphatic heterocycles. The highest BCUT2D eigenvalue weighted by Crippen LogP contribution is 2.17. The molecule has 1 aromatic heterocycles. The second-order valence-corrected chi connectivity index (χ2v) is 7.16. The summed E-state index contributed by atoms with van der Waals surface area (Å²) in [7, 11) is -3.43. The van der Waals surface area contributed by atoms with Crippen LogP contribution in [0.25, 0.3) is 0 Å². The minimum atomic E-state index is -3.43. The quantitative estimate of drug-likeness (QED) is 0.799. The fourth-order valence-corrected chi connectivity index (χ4v) is 3.21. The normalized spacial score (nSPS) is 24.8. The molecule has 1 aliphatic rings. The van der Waals surface area contributed by atoms with Gasteiger partial charge in [-0.05, 0) is 26.7 Å². The zero-order valence-corrected chi connectivity index (χ0v) is 12.1. The van der Waals surface area contributed by atoms with E-state index in [1.807, 2.05) is 4.68 Å². The summed E-state index contributed by atoms with van der Waals surface area (Å²) in [5.74, 6) is 0.932. The lowest BCUT2D eigenvalue weighted by Gasteiger charge is -2.28. The summed E-state index contributed by atoms with van der Waals surface area (Å²) < 4.78 is 24.4. The Morgan fingerprint density at radius 3 is 2.79 bits per heavy atom. The molecule has 2 heterocycles. The Bertz CT molecular complexity index is 517. The van der Waals surface area contributed by atoms with Crippen LogP contribution in [0.4, 0.5) is 0 Å². The van der Waals surface area contributed by atoms with Crippen molar-refractivity contribution >= 4 is 10.0 Å². The molecule has 3 N–H and O–H groups in total. The van der Waals surface area contributed by atoms with Crippen molar-refractivity contribution in [2.45, 2.75) is 50.4 Å². The van der Waals surface area contributed by atoms with Crippen molar-refractivity contribution in [3.8, 4) is 0 Å². The van der Waals surface area contributed by atoms with E-state index < -0.39 is 15.3 Å². The summed E-state index contributed by atoms with van der Waals surface area (Å²) in [5.41, 5.74) is 0. The van der Waals surface area contributed by atoms with Crippen LogP contribution >= 0.6 is 0 Å². The predicted octanol–water partition coefficient (Wildman–Crippen LogP) is -0.189. The van der Waals surface area contributed by atoms with Gasteiger partial charge in [-0.25, -0.2) is 23.2 Å². The zero-order valence-electron chi connectivity index (χ0n) is 11.3. The molecule has 0 spiro atoms. The fourth-order valence-electron chi connectivity index (χ4n) is 2.42. The smallest absolute Gasteiger partial charge is 0.213 e. The average molecular weight is 287 g/mol. The van der Waals surface area contributed by atoms with Crippen LogP contribution in [0.1, 0.15) is 38.6 Å². The molecule has 0 aliphatic carbocycles. The molecule has 2 unspecified atom stereocenters. The molecular weight excluding hydrogens is 266 g/mol. The van der Waals surface area contributed by atoms with Crippen LogP contribution in [0.5, 0.6) is 0 Å². The van der Waals surface area contributed by atoms with Crippen molar-refractivity contribution < 1.29 is 8.42 Å². The summed E-state index contributed by atoms with van der Waals surface area (Å²) in [6.07, 6.45) is 3.71. The minimum Gasteiger partial charge on any atom is -0.312 e. The molecule has 7 nitrogen and oxygen atoms in total. The van der Waals surface area contributed by atoms with Crippen LogP contribution in [-0.4, -0.2) is 41.0 Å². The Balaban J connectivity index is 1.94. The molecule has 2 rings (SSSR count). The molecule has 0 amide bonds. The van der Waals surface area contributed by atoms with E-state index in [0.717, 1.165) is 18.7 Å². The van der Waals surface area contributed by atoms with Gasteiger partial charge in [-0.2, -0.15) is 5.10 Å². The highest BCUT2D eigenvalue weighted by Gasteiger charge is 2.28. The third-order valence-electron chi connectivity index (χ3n) is 3.50. The van der Waals surface area contributed by atoms with Gasteiger partial charge < -0.3 is 5.32 Å². The van der Waals surface area contributed by atoms with Crippen molar-refractivity contribution in [2.75, 3.05) is 6.54 Å². The van der Waals surface area contributed by atoms with E-state index in [9.17, 15) is 8.42 Å². The first kappa shape index (κ1) is 14.4. The van der Waals surface area contributed by atoms with Gasteiger partial charge in [-0.15, -0.1) is 0 Å². The Morgan fingerprint density at radius 2 is 2.26 bits per heavy atom. The summed E-state index contributed by atoms with van der Waals surface area (Å²) in [5, 5.41) is 12.1. The van der Waals surface area contributed by atoms with Gasteiger partial charge in [0.15, 0.2) is 0 Å². The van der Waals surface area contributed by atoms with Crippen LogP contribution in [0, 0.1) is 0 Å². The lowest BCUT2D eigenvalue weighted by Crippen LogP contribution is -2.47. The van der Waals surface area contributed by atoms with E-state index in [0.29, 0.717) is 13.0 Å². The second-order valence-electron chi connectivity index (χ2n) is 5.31. The van der Waals surface area contributed by atoms with Gasteiger partial charge in [-0.1, -0.05) is 0 Å². The van der Waals surface area contributed by atoms with Gasteiger partial charge in [0.1, 0.15) is 12.2 Å². The number of piperidine rings is 1. The van der Waals surface area contributed by atoms with Crippen LogP contribution in [-0.2, 0) is 16.4 Å². The van der Waals surface area contributed by atoms with E-state index in [1.54, 1.807) is 6.33 Å². The largest absolute Gasteiger partial charge is 0.312 e. The van der Waals surface area contributed by atoms with E-state index >= 15 is 0 Å². The number of nitrogens with two attached hydrogens (primary N) is 1. The van der Waals surface area contributed by atoms with Gasteiger partial charge in [0, 0.05) is 25.0 Å². The first-order chi connectivity index (χ1) is 8.88. The summed E-state index contributed by atoms with van der Waals surface area (Å²) in [6, 6.07) is 0.512. The lowest BCUT2D eigenvalue weighted by molar-refractivity contribution is 0.380. The maximum atomic E-state index is 11.3. The highest BCUT2D eigenvalue weighted by molar-refractivity contribution is 7.89. The Morgan fingerprint density at radius 1 is 1.53 bits per heavy atom. The molecule has 0 bridgehead atoms. The minimum absolute atomic E-state index is 0.236.